The van der Waals surface area contributed by atoms with E-state index < -0.39 is 11.8 Å². The van der Waals surface area contributed by atoms with E-state index in [1.54, 1.807) is 6.08 Å². The molecule has 4 aromatic rings. The first-order valence-corrected chi connectivity index (χ1v) is 11.5. The van der Waals surface area contributed by atoms with Crippen LogP contribution in [-0.2, 0) is 16.1 Å². The van der Waals surface area contributed by atoms with E-state index >= 15 is 0 Å². The van der Waals surface area contributed by atoms with Gasteiger partial charge in [-0.25, -0.2) is 0 Å². The summed E-state index contributed by atoms with van der Waals surface area (Å²) in [5.41, 5.74) is 4.02. The summed E-state index contributed by atoms with van der Waals surface area (Å²) in [4.78, 5) is 27.8. The molecule has 1 fully saturated rings. The second kappa shape index (κ2) is 9.08. The Hall–Kier alpha value is -4.03. The van der Waals surface area contributed by atoms with E-state index in [1.165, 1.54) is 10.5 Å². The third kappa shape index (κ3) is 4.04. The molecule has 5 nitrogen and oxygen atoms in total. The predicted octanol–water partition coefficient (Wildman–Crippen LogP) is 5.08. The average molecular weight is 466 g/mol. The van der Waals surface area contributed by atoms with Gasteiger partial charge in [0.05, 0.1) is 6.04 Å². The number of carbonyl (C=O) groups is 2. The van der Waals surface area contributed by atoms with Crippen molar-refractivity contribution >= 4 is 46.1 Å². The first kappa shape index (κ1) is 21.8. The zero-order valence-corrected chi connectivity index (χ0v) is 19.5. The van der Waals surface area contributed by atoms with Crippen molar-refractivity contribution in [3.63, 3.8) is 0 Å². The number of nitrogens with one attached hydrogen (secondary N) is 1. The number of hydrogen-bond donors (Lipinski definition) is 1. The third-order valence-electron chi connectivity index (χ3n) is 6.12. The van der Waals surface area contributed by atoms with Gasteiger partial charge in [-0.05, 0) is 42.4 Å². The number of thiocarbonyl (C=S) groups is 1. The van der Waals surface area contributed by atoms with Crippen LogP contribution in [0.25, 0.3) is 17.0 Å². The Morgan fingerprint density at radius 3 is 2.29 bits per heavy atom. The maximum atomic E-state index is 13.5. The molecule has 1 aliphatic heterocycles. The number of para-hydroxylation sites is 1. The van der Waals surface area contributed by atoms with Crippen molar-refractivity contribution in [2.24, 2.45) is 0 Å². The fraction of sp³-hybridized carbons (Fsp3) is 0.107. The van der Waals surface area contributed by atoms with Gasteiger partial charge in [0, 0.05) is 29.2 Å². The highest BCUT2D eigenvalue weighted by Crippen LogP contribution is 2.28. The molecule has 6 heteroatoms. The molecule has 1 saturated heterocycles. The lowest BCUT2D eigenvalue weighted by atomic mass is 10.0. The number of benzene rings is 3. The standard InChI is InChI=1S/C28H23N3O2S/c1-19(21-12-6-3-7-13-21)31-27(33)24(26(32)29-28(31)34)16-22-18-30(17-20-10-4-2-5-11-20)25-15-9-8-14-23(22)25/h2-16,18-19H,17H2,1H3,(H,29,32,34)/t19-/m1/s1. The van der Waals surface area contributed by atoms with Gasteiger partial charge < -0.3 is 4.57 Å². The number of nitrogens with zero attached hydrogens (tertiary/aromatic N) is 2. The minimum absolute atomic E-state index is 0.0685. The van der Waals surface area contributed by atoms with E-state index in [2.05, 4.69) is 22.0 Å². The third-order valence-corrected chi connectivity index (χ3v) is 6.42. The summed E-state index contributed by atoms with van der Waals surface area (Å²) in [5.74, 6) is -0.878. The molecule has 168 valence electrons. The van der Waals surface area contributed by atoms with Crippen LogP contribution in [0, 0.1) is 0 Å². The number of carbonyl (C=O) groups excluding carboxylic acids is 2. The largest absolute Gasteiger partial charge is 0.342 e. The summed E-state index contributed by atoms with van der Waals surface area (Å²) in [6.07, 6.45) is 3.66. The van der Waals surface area contributed by atoms with Crippen LogP contribution >= 0.6 is 12.2 Å². The zero-order valence-electron chi connectivity index (χ0n) is 18.6. The van der Waals surface area contributed by atoms with Crippen LogP contribution in [0.15, 0.2) is 96.7 Å². The van der Waals surface area contributed by atoms with Crippen LogP contribution in [0.4, 0.5) is 0 Å². The van der Waals surface area contributed by atoms with Gasteiger partial charge in [0.2, 0.25) is 0 Å². The molecule has 2 amide bonds. The smallest absolute Gasteiger partial charge is 0.266 e. The minimum Gasteiger partial charge on any atom is -0.342 e. The Kier molecular flexibility index (Phi) is 5.82. The van der Waals surface area contributed by atoms with Gasteiger partial charge in [-0.3, -0.25) is 19.8 Å². The summed E-state index contributed by atoms with van der Waals surface area (Å²) >= 11 is 5.37. The van der Waals surface area contributed by atoms with Gasteiger partial charge in [-0.1, -0.05) is 78.9 Å². The number of amides is 2. The lowest BCUT2D eigenvalue weighted by Crippen LogP contribution is -2.54. The van der Waals surface area contributed by atoms with E-state index in [0.29, 0.717) is 6.54 Å². The Balaban J connectivity index is 1.54. The van der Waals surface area contributed by atoms with Crippen molar-refractivity contribution in [1.82, 2.24) is 14.8 Å². The topological polar surface area (TPSA) is 54.3 Å². The molecule has 2 heterocycles. The van der Waals surface area contributed by atoms with Crippen molar-refractivity contribution in [1.29, 1.82) is 0 Å². The Morgan fingerprint density at radius 2 is 1.56 bits per heavy atom. The van der Waals surface area contributed by atoms with E-state index in [-0.39, 0.29) is 16.7 Å². The van der Waals surface area contributed by atoms with Crippen LogP contribution in [0.1, 0.15) is 29.7 Å². The number of hydrogen-bond acceptors (Lipinski definition) is 3. The lowest BCUT2D eigenvalue weighted by Gasteiger charge is -2.33. The molecule has 0 radical (unpaired) electrons. The zero-order chi connectivity index (χ0) is 23.7. The second-order valence-electron chi connectivity index (χ2n) is 8.29. The summed E-state index contributed by atoms with van der Waals surface area (Å²) in [6, 6.07) is 27.5. The molecule has 0 aliphatic carbocycles. The molecule has 3 aromatic carbocycles. The van der Waals surface area contributed by atoms with Crippen molar-refractivity contribution in [2.45, 2.75) is 19.5 Å². The molecular weight excluding hydrogens is 442 g/mol. The van der Waals surface area contributed by atoms with Crippen molar-refractivity contribution < 1.29 is 9.59 Å². The second-order valence-corrected chi connectivity index (χ2v) is 8.68. The molecule has 34 heavy (non-hydrogen) atoms. The Morgan fingerprint density at radius 1 is 0.912 bits per heavy atom. The summed E-state index contributed by atoms with van der Waals surface area (Å²) in [5, 5.41) is 3.79. The van der Waals surface area contributed by atoms with Crippen molar-refractivity contribution in [3.8, 4) is 0 Å². The minimum atomic E-state index is -0.480. The predicted molar refractivity (Wildman–Crippen MR) is 138 cm³/mol. The van der Waals surface area contributed by atoms with Crippen LogP contribution < -0.4 is 5.32 Å². The molecule has 1 aromatic heterocycles. The first-order valence-electron chi connectivity index (χ1n) is 11.1. The van der Waals surface area contributed by atoms with Gasteiger partial charge in [0.1, 0.15) is 5.57 Å². The fourth-order valence-corrected chi connectivity index (χ4v) is 4.69. The number of fused-ring (bicyclic) bond motifs is 1. The highest BCUT2D eigenvalue weighted by molar-refractivity contribution is 7.80. The summed E-state index contributed by atoms with van der Waals surface area (Å²) < 4.78 is 2.14. The Labute approximate surface area is 203 Å². The number of aromatic nitrogens is 1. The van der Waals surface area contributed by atoms with Crippen LogP contribution in [0.5, 0.6) is 0 Å². The first-order chi connectivity index (χ1) is 16.5. The molecule has 0 saturated carbocycles. The molecule has 0 unspecified atom stereocenters. The average Bonchev–Trinajstić information content (AvgIpc) is 3.20. The maximum Gasteiger partial charge on any atom is 0.266 e. The fourth-order valence-electron chi connectivity index (χ4n) is 4.36. The number of rotatable bonds is 5. The molecule has 1 aliphatic rings. The SMILES string of the molecule is C[C@H](c1ccccc1)N1C(=O)C(=Cc2cn(Cc3ccccc3)c3ccccc23)C(=O)NC1=S. The molecule has 5 rings (SSSR count). The molecule has 1 atom stereocenters. The van der Waals surface area contributed by atoms with E-state index in [1.807, 2.05) is 85.9 Å². The van der Waals surface area contributed by atoms with E-state index in [4.69, 9.17) is 12.2 Å². The molecule has 1 N–H and O–H groups in total. The lowest BCUT2D eigenvalue weighted by molar-refractivity contribution is -0.130. The maximum absolute atomic E-state index is 13.5. The van der Waals surface area contributed by atoms with Crippen LogP contribution in [0.3, 0.4) is 0 Å². The summed E-state index contributed by atoms with van der Waals surface area (Å²) in [7, 11) is 0. The van der Waals surface area contributed by atoms with Gasteiger partial charge in [-0.2, -0.15) is 0 Å². The molecule has 0 bridgehead atoms. The molecular formula is C28H23N3O2S. The normalized spacial score (nSPS) is 16.2. The highest BCUT2D eigenvalue weighted by Gasteiger charge is 2.36. The Bertz CT molecular complexity index is 1420. The van der Waals surface area contributed by atoms with Gasteiger partial charge in [0.15, 0.2) is 5.11 Å². The summed E-state index contributed by atoms with van der Waals surface area (Å²) in [6.45, 7) is 2.59. The van der Waals surface area contributed by atoms with E-state index in [0.717, 1.165) is 22.0 Å². The van der Waals surface area contributed by atoms with E-state index in [9.17, 15) is 9.59 Å². The van der Waals surface area contributed by atoms with Crippen molar-refractivity contribution in [3.05, 3.63) is 113 Å². The van der Waals surface area contributed by atoms with Gasteiger partial charge in [-0.15, -0.1) is 0 Å². The van der Waals surface area contributed by atoms with Gasteiger partial charge in [0.25, 0.3) is 11.8 Å². The monoisotopic (exact) mass is 465 g/mol. The highest BCUT2D eigenvalue weighted by atomic mass is 32.1. The van der Waals surface area contributed by atoms with Gasteiger partial charge >= 0.3 is 0 Å². The molecule has 0 spiro atoms. The van der Waals surface area contributed by atoms with Crippen molar-refractivity contribution in [2.75, 3.05) is 0 Å². The quantitative estimate of drug-likeness (QED) is 0.254. The van der Waals surface area contributed by atoms with Crippen LogP contribution in [0.2, 0.25) is 0 Å². The van der Waals surface area contributed by atoms with Crippen LogP contribution in [-0.4, -0.2) is 26.4 Å².